The van der Waals surface area contributed by atoms with Crippen LogP contribution in [0.15, 0.2) is 24.3 Å². The molecule has 19 heavy (non-hydrogen) atoms. The van der Waals surface area contributed by atoms with Crippen molar-refractivity contribution >= 4 is 0 Å². The molecule has 0 amide bonds. The Hall–Kier alpha value is -0.930. The number of hydrogen-bond acceptors (Lipinski definition) is 2. The van der Waals surface area contributed by atoms with Gasteiger partial charge in [0.05, 0.1) is 0 Å². The fourth-order valence-electron chi connectivity index (χ4n) is 2.90. The van der Waals surface area contributed by atoms with E-state index in [4.69, 9.17) is 0 Å². The van der Waals surface area contributed by atoms with E-state index in [9.17, 15) is 4.39 Å². The Morgan fingerprint density at radius 2 is 2.26 bits per heavy atom. The second-order valence-electron chi connectivity index (χ2n) is 5.47. The van der Waals surface area contributed by atoms with Crippen LogP contribution in [0.2, 0.25) is 0 Å². The predicted molar refractivity (Wildman–Crippen MR) is 77.7 cm³/mol. The van der Waals surface area contributed by atoms with Crippen molar-refractivity contribution in [3.8, 4) is 0 Å². The fraction of sp³-hybridized carbons (Fsp3) is 0.625. The van der Waals surface area contributed by atoms with Gasteiger partial charge in [0.15, 0.2) is 0 Å². The quantitative estimate of drug-likeness (QED) is 0.877. The van der Waals surface area contributed by atoms with Crippen LogP contribution in [0.5, 0.6) is 0 Å². The maximum absolute atomic E-state index is 13.3. The molecule has 1 N–H and O–H groups in total. The predicted octanol–water partition coefficient (Wildman–Crippen LogP) is 3.35. The van der Waals surface area contributed by atoms with E-state index < -0.39 is 0 Å². The molecule has 2 nitrogen and oxygen atoms in total. The summed E-state index contributed by atoms with van der Waals surface area (Å²) in [6.07, 6.45) is 3.87. The molecule has 0 radical (unpaired) electrons. The van der Waals surface area contributed by atoms with Crippen LogP contribution in [-0.2, 0) is 0 Å². The van der Waals surface area contributed by atoms with Gasteiger partial charge < -0.3 is 5.32 Å². The number of rotatable bonds is 5. The van der Waals surface area contributed by atoms with Crippen LogP contribution in [0.3, 0.4) is 0 Å². The number of hydrogen-bond donors (Lipinski definition) is 1. The number of nitrogens with one attached hydrogen (secondary N) is 1. The lowest BCUT2D eigenvalue weighted by Gasteiger charge is -2.34. The molecule has 0 bridgehead atoms. The molecule has 2 unspecified atom stereocenters. The lowest BCUT2D eigenvalue weighted by Crippen LogP contribution is -2.44. The lowest BCUT2D eigenvalue weighted by atomic mass is 10.0. The lowest BCUT2D eigenvalue weighted by molar-refractivity contribution is 0.184. The summed E-state index contributed by atoms with van der Waals surface area (Å²) in [6.45, 7) is 7.53. The van der Waals surface area contributed by atoms with Gasteiger partial charge in [0, 0.05) is 18.6 Å². The topological polar surface area (TPSA) is 15.3 Å². The van der Waals surface area contributed by atoms with Crippen LogP contribution in [0, 0.1) is 5.82 Å². The summed E-state index contributed by atoms with van der Waals surface area (Å²) in [4.78, 5) is 2.43. The largest absolute Gasteiger partial charge is 0.313 e. The zero-order valence-electron chi connectivity index (χ0n) is 12.0. The Morgan fingerprint density at radius 1 is 1.42 bits per heavy atom. The van der Waals surface area contributed by atoms with Gasteiger partial charge in [0.1, 0.15) is 5.82 Å². The second kappa shape index (κ2) is 7.01. The summed E-state index contributed by atoms with van der Waals surface area (Å²) in [5.74, 6) is -0.142. The monoisotopic (exact) mass is 264 g/mol. The Morgan fingerprint density at radius 3 is 2.89 bits per heavy atom. The summed E-state index contributed by atoms with van der Waals surface area (Å²) < 4.78 is 13.3. The summed E-state index contributed by atoms with van der Waals surface area (Å²) in [7, 11) is 0. The van der Waals surface area contributed by atoms with E-state index in [0.717, 1.165) is 25.2 Å². The maximum atomic E-state index is 13.3. The average molecular weight is 264 g/mol. The van der Waals surface area contributed by atoms with Crippen molar-refractivity contribution < 1.29 is 4.39 Å². The van der Waals surface area contributed by atoms with E-state index in [1.54, 1.807) is 12.1 Å². The van der Waals surface area contributed by atoms with Crippen LogP contribution in [-0.4, -0.2) is 30.6 Å². The van der Waals surface area contributed by atoms with Crippen LogP contribution in [0.1, 0.15) is 44.7 Å². The third-order valence-corrected chi connectivity index (χ3v) is 4.15. The van der Waals surface area contributed by atoms with Gasteiger partial charge in [-0.25, -0.2) is 4.39 Å². The number of halogens is 1. The van der Waals surface area contributed by atoms with E-state index in [0.29, 0.717) is 6.04 Å². The van der Waals surface area contributed by atoms with Gasteiger partial charge in [0.2, 0.25) is 0 Å². The SMILES string of the molecule is CCN(CC1CCCCN1)C(C)c1cccc(F)c1. The second-order valence-corrected chi connectivity index (χ2v) is 5.47. The van der Waals surface area contributed by atoms with Crippen LogP contribution < -0.4 is 5.32 Å². The van der Waals surface area contributed by atoms with Gasteiger partial charge >= 0.3 is 0 Å². The molecule has 0 saturated carbocycles. The fourth-order valence-corrected chi connectivity index (χ4v) is 2.90. The first-order valence-electron chi connectivity index (χ1n) is 7.43. The summed E-state index contributed by atoms with van der Waals surface area (Å²) in [6, 6.07) is 7.84. The third kappa shape index (κ3) is 4.02. The Balaban J connectivity index is 1.99. The molecule has 2 atom stereocenters. The van der Waals surface area contributed by atoms with Crippen molar-refractivity contribution in [1.29, 1.82) is 0 Å². The molecule has 2 rings (SSSR count). The highest BCUT2D eigenvalue weighted by Crippen LogP contribution is 2.22. The van der Waals surface area contributed by atoms with Gasteiger partial charge in [-0.2, -0.15) is 0 Å². The first-order chi connectivity index (χ1) is 9.20. The standard InChI is InChI=1S/C16H25FN2/c1-3-19(12-16-9-4-5-10-18-16)13(2)14-7-6-8-15(17)11-14/h6-8,11,13,16,18H,3-5,9-10,12H2,1-2H3. The number of piperidine rings is 1. The van der Waals surface area contributed by atoms with Crippen LogP contribution in [0.4, 0.5) is 4.39 Å². The smallest absolute Gasteiger partial charge is 0.123 e. The van der Waals surface area contributed by atoms with Crippen molar-refractivity contribution in [2.24, 2.45) is 0 Å². The molecule has 1 saturated heterocycles. The minimum Gasteiger partial charge on any atom is -0.313 e. The van der Waals surface area contributed by atoms with Crippen molar-refractivity contribution in [1.82, 2.24) is 10.2 Å². The molecule has 3 heteroatoms. The van der Waals surface area contributed by atoms with E-state index in [1.165, 1.54) is 25.3 Å². The molecule has 106 valence electrons. The number of benzene rings is 1. The first kappa shape index (κ1) is 14.5. The summed E-state index contributed by atoms with van der Waals surface area (Å²) >= 11 is 0. The molecule has 1 aliphatic heterocycles. The highest BCUT2D eigenvalue weighted by molar-refractivity contribution is 5.19. The summed E-state index contributed by atoms with van der Waals surface area (Å²) in [5, 5.41) is 3.59. The molecule has 1 fully saturated rings. The van der Waals surface area contributed by atoms with E-state index in [1.807, 2.05) is 6.07 Å². The van der Waals surface area contributed by atoms with Crippen molar-refractivity contribution in [3.63, 3.8) is 0 Å². The molecule has 1 heterocycles. The Labute approximate surface area is 116 Å². The van der Waals surface area contributed by atoms with Crippen molar-refractivity contribution in [3.05, 3.63) is 35.6 Å². The minimum atomic E-state index is -0.142. The average Bonchev–Trinajstić information content (AvgIpc) is 2.45. The molecule has 0 aliphatic carbocycles. The van der Waals surface area contributed by atoms with Crippen molar-refractivity contribution in [2.75, 3.05) is 19.6 Å². The molecule has 1 aliphatic rings. The molecule has 0 spiro atoms. The molecule has 0 aromatic heterocycles. The van der Waals surface area contributed by atoms with E-state index >= 15 is 0 Å². The maximum Gasteiger partial charge on any atom is 0.123 e. The minimum absolute atomic E-state index is 0.142. The Bertz CT molecular complexity index is 388. The third-order valence-electron chi connectivity index (χ3n) is 4.15. The highest BCUT2D eigenvalue weighted by Gasteiger charge is 2.20. The van der Waals surface area contributed by atoms with E-state index in [-0.39, 0.29) is 11.9 Å². The zero-order valence-corrected chi connectivity index (χ0v) is 12.0. The first-order valence-corrected chi connectivity index (χ1v) is 7.43. The van der Waals surface area contributed by atoms with Gasteiger partial charge in [-0.1, -0.05) is 25.5 Å². The Kier molecular flexibility index (Phi) is 5.34. The van der Waals surface area contributed by atoms with Crippen molar-refractivity contribution in [2.45, 2.75) is 45.2 Å². The molecular weight excluding hydrogens is 239 g/mol. The normalized spacial score (nSPS) is 21.6. The van der Waals surface area contributed by atoms with Gasteiger partial charge in [-0.05, 0) is 50.6 Å². The van der Waals surface area contributed by atoms with Crippen LogP contribution >= 0.6 is 0 Å². The van der Waals surface area contributed by atoms with E-state index in [2.05, 4.69) is 24.1 Å². The highest BCUT2D eigenvalue weighted by atomic mass is 19.1. The van der Waals surface area contributed by atoms with Gasteiger partial charge in [-0.3, -0.25) is 4.90 Å². The molecule has 1 aromatic carbocycles. The zero-order chi connectivity index (χ0) is 13.7. The number of nitrogens with zero attached hydrogens (tertiary/aromatic N) is 1. The van der Waals surface area contributed by atoms with Gasteiger partial charge in [0.25, 0.3) is 0 Å². The van der Waals surface area contributed by atoms with Crippen LogP contribution in [0.25, 0.3) is 0 Å². The van der Waals surface area contributed by atoms with Gasteiger partial charge in [-0.15, -0.1) is 0 Å². The number of likely N-dealkylation sites (N-methyl/N-ethyl adjacent to an activating group) is 1. The molecule has 1 aromatic rings. The molecular formula is C16H25FN2. The summed E-state index contributed by atoms with van der Waals surface area (Å²) in [5.41, 5.74) is 1.07.